The first-order valence-corrected chi connectivity index (χ1v) is 2.91. The van der Waals surface area contributed by atoms with Crippen molar-refractivity contribution in [1.29, 1.82) is 0 Å². The van der Waals surface area contributed by atoms with Crippen LogP contribution in [0.5, 0.6) is 0 Å². The Morgan fingerprint density at radius 1 is 1.70 bits per heavy atom. The maximum absolute atomic E-state index is 3.65. The third-order valence-electron chi connectivity index (χ3n) is 1.53. The van der Waals surface area contributed by atoms with Crippen molar-refractivity contribution in [3.8, 4) is 0 Å². The van der Waals surface area contributed by atoms with E-state index in [2.05, 4.69) is 6.58 Å². The van der Waals surface area contributed by atoms with E-state index < -0.39 is 0 Å². The van der Waals surface area contributed by atoms with Crippen molar-refractivity contribution >= 4 is 6.20 Å². The molecule has 0 fully saturated rings. The maximum atomic E-state index is 3.65. The summed E-state index contributed by atoms with van der Waals surface area (Å²) in [5.41, 5.74) is 0. The number of aryl methyl sites for hydroxylation is 1. The monoisotopic (exact) mass is 250 g/mol. The highest BCUT2D eigenvalue weighted by atomic mass is 127. The smallest absolute Gasteiger partial charge is 0.257 e. The van der Waals surface area contributed by atoms with Crippen molar-refractivity contribution in [2.45, 2.75) is 6.92 Å². The number of halogens is 1. The molecule has 0 amide bonds. The van der Waals surface area contributed by atoms with Crippen LogP contribution in [0, 0.1) is 6.92 Å². The number of hydrogen-bond donors (Lipinski definition) is 0. The lowest BCUT2D eigenvalue weighted by Crippen LogP contribution is -3.00. The quantitative estimate of drug-likeness (QED) is 0.392. The van der Waals surface area contributed by atoms with Crippen LogP contribution < -0.4 is 28.5 Å². The summed E-state index contributed by atoms with van der Waals surface area (Å²) in [5.74, 6) is 1.19. The zero-order chi connectivity index (χ0) is 6.85. The lowest BCUT2D eigenvalue weighted by molar-refractivity contribution is -0.574. The average Bonchev–Trinajstić information content (AvgIpc) is 2.15. The molecule has 0 N–H and O–H groups in total. The number of nitrogens with zero attached hydrogens (tertiary/aromatic N) is 2. The van der Waals surface area contributed by atoms with E-state index in [-0.39, 0.29) is 24.0 Å². The fraction of sp³-hybridized carbons (Fsp3) is 0.286. The molecule has 0 bridgehead atoms. The second kappa shape index (κ2) is 3.75. The van der Waals surface area contributed by atoms with Crippen LogP contribution in [0.4, 0.5) is 0 Å². The molecule has 0 aliphatic carbocycles. The predicted octanol–water partition coefficient (Wildman–Crippen LogP) is -2.27. The molecule has 0 radical (unpaired) electrons. The van der Waals surface area contributed by atoms with Crippen molar-refractivity contribution in [2.75, 3.05) is 0 Å². The van der Waals surface area contributed by atoms with E-state index in [0.717, 1.165) is 0 Å². The van der Waals surface area contributed by atoms with Gasteiger partial charge < -0.3 is 24.0 Å². The van der Waals surface area contributed by atoms with Gasteiger partial charge in [-0.25, -0.2) is 9.13 Å². The van der Waals surface area contributed by atoms with Crippen LogP contribution in [-0.2, 0) is 7.05 Å². The van der Waals surface area contributed by atoms with E-state index in [1.54, 1.807) is 6.20 Å². The van der Waals surface area contributed by atoms with Gasteiger partial charge in [0.2, 0.25) is 0 Å². The SMILES string of the molecule is C=C[n+]1ccn(C)c1C.[I-]. The van der Waals surface area contributed by atoms with E-state index in [0.29, 0.717) is 0 Å². The molecule has 1 aromatic rings. The summed E-state index contributed by atoms with van der Waals surface area (Å²) in [6.07, 6.45) is 5.76. The third kappa shape index (κ3) is 1.59. The second-order valence-corrected chi connectivity index (χ2v) is 2.05. The number of hydrogen-bond acceptors (Lipinski definition) is 0. The van der Waals surface area contributed by atoms with Crippen molar-refractivity contribution in [1.82, 2.24) is 4.57 Å². The van der Waals surface area contributed by atoms with Gasteiger partial charge in [0.25, 0.3) is 5.82 Å². The van der Waals surface area contributed by atoms with Crippen LogP contribution in [0.3, 0.4) is 0 Å². The highest BCUT2D eigenvalue weighted by Crippen LogP contribution is 1.86. The molecule has 0 aliphatic rings. The fourth-order valence-electron chi connectivity index (χ4n) is 0.763. The summed E-state index contributed by atoms with van der Waals surface area (Å²) in [5, 5.41) is 0. The average molecular weight is 250 g/mol. The largest absolute Gasteiger partial charge is 1.00 e. The molecule has 10 heavy (non-hydrogen) atoms. The minimum absolute atomic E-state index is 0. The molecule has 1 rings (SSSR count). The van der Waals surface area contributed by atoms with Crippen LogP contribution in [0.2, 0.25) is 0 Å². The Morgan fingerprint density at radius 3 is 2.50 bits per heavy atom. The molecule has 0 atom stereocenters. The first-order chi connectivity index (χ1) is 4.25. The highest BCUT2D eigenvalue weighted by molar-refractivity contribution is 4.97. The fourth-order valence-corrected chi connectivity index (χ4v) is 0.763. The van der Waals surface area contributed by atoms with Crippen molar-refractivity contribution < 1.29 is 28.5 Å². The van der Waals surface area contributed by atoms with Gasteiger partial charge in [-0.2, -0.15) is 0 Å². The zero-order valence-corrected chi connectivity index (χ0v) is 8.37. The number of imidazole rings is 1. The minimum Gasteiger partial charge on any atom is -1.00 e. The molecule has 0 aromatic carbocycles. The first kappa shape index (κ1) is 9.68. The van der Waals surface area contributed by atoms with Crippen LogP contribution in [0.1, 0.15) is 5.82 Å². The van der Waals surface area contributed by atoms with Crippen LogP contribution in [0.25, 0.3) is 6.20 Å². The standard InChI is InChI=1S/C7H11N2.HI/c1-4-9-6-5-8(3)7(9)2;/h4-6H,1H2,2-3H3;1H/q+1;/p-1. The van der Waals surface area contributed by atoms with Crippen LogP contribution in [0.15, 0.2) is 19.0 Å². The topological polar surface area (TPSA) is 8.81 Å². The summed E-state index contributed by atoms with van der Waals surface area (Å²) >= 11 is 0. The molecule has 2 nitrogen and oxygen atoms in total. The molecular formula is C7H11IN2. The molecule has 3 heteroatoms. The lowest BCUT2D eigenvalue weighted by atomic mass is 10.7. The normalized spacial score (nSPS) is 8.60. The molecule has 1 aromatic heterocycles. The Morgan fingerprint density at radius 2 is 2.30 bits per heavy atom. The zero-order valence-electron chi connectivity index (χ0n) is 6.21. The number of aromatic nitrogens is 2. The summed E-state index contributed by atoms with van der Waals surface area (Å²) in [7, 11) is 2.01. The van der Waals surface area contributed by atoms with Gasteiger partial charge in [-0.05, 0) is 0 Å². The third-order valence-corrected chi connectivity index (χ3v) is 1.53. The van der Waals surface area contributed by atoms with Crippen molar-refractivity contribution in [3.63, 3.8) is 0 Å². The Kier molecular flexibility index (Phi) is 3.63. The summed E-state index contributed by atoms with van der Waals surface area (Å²) in [6.45, 7) is 5.70. The highest BCUT2D eigenvalue weighted by Gasteiger charge is 2.02. The van der Waals surface area contributed by atoms with Gasteiger partial charge in [-0.1, -0.05) is 6.58 Å². The lowest BCUT2D eigenvalue weighted by Gasteiger charge is -1.86. The molecule has 0 aliphatic heterocycles. The Bertz CT molecular complexity index is 228. The summed E-state index contributed by atoms with van der Waals surface area (Å²) in [6, 6.07) is 0. The Labute approximate surface area is 78.2 Å². The van der Waals surface area contributed by atoms with Gasteiger partial charge in [-0.15, -0.1) is 0 Å². The molecule has 56 valence electrons. The van der Waals surface area contributed by atoms with E-state index in [9.17, 15) is 0 Å². The van der Waals surface area contributed by atoms with Gasteiger partial charge in [0.15, 0.2) is 0 Å². The molecule has 0 unspecified atom stereocenters. The molecule has 0 saturated carbocycles. The first-order valence-electron chi connectivity index (χ1n) is 2.91. The maximum Gasteiger partial charge on any atom is 0.257 e. The van der Waals surface area contributed by atoms with E-state index in [1.165, 1.54) is 5.82 Å². The summed E-state index contributed by atoms with van der Waals surface area (Å²) < 4.78 is 4.02. The summed E-state index contributed by atoms with van der Waals surface area (Å²) in [4.78, 5) is 0. The molecular weight excluding hydrogens is 239 g/mol. The van der Waals surface area contributed by atoms with Crippen molar-refractivity contribution in [3.05, 3.63) is 24.8 Å². The van der Waals surface area contributed by atoms with Gasteiger partial charge in [0.05, 0.1) is 13.2 Å². The predicted molar refractivity (Wildman–Crippen MR) is 36.7 cm³/mol. The van der Waals surface area contributed by atoms with E-state index in [1.807, 2.05) is 35.5 Å². The molecule has 1 heterocycles. The Balaban J connectivity index is 0.000000810. The van der Waals surface area contributed by atoms with Gasteiger partial charge in [0.1, 0.15) is 12.4 Å². The van der Waals surface area contributed by atoms with Crippen molar-refractivity contribution in [2.24, 2.45) is 7.05 Å². The van der Waals surface area contributed by atoms with E-state index in [4.69, 9.17) is 0 Å². The van der Waals surface area contributed by atoms with Gasteiger partial charge in [0, 0.05) is 6.92 Å². The van der Waals surface area contributed by atoms with Crippen LogP contribution >= 0.6 is 0 Å². The van der Waals surface area contributed by atoms with E-state index >= 15 is 0 Å². The van der Waals surface area contributed by atoms with Gasteiger partial charge >= 0.3 is 0 Å². The van der Waals surface area contributed by atoms with Crippen LogP contribution in [-0.4, -0.2) is 4.57 Å². The minimum atomic E-state index is 0. The Hall–Kier alpha value is -0.320. The second-order valence-electron chi connectivity index (χ2n) is 2.05. The van der Waals surface area contributed by atoms with Gasteiger partial charge in [-0.3, -0.25) is 0 Å². The number of rotatable bonds is 1. The molecule has 0 spiro atoms. The molecule has 0 saturated heterocycles.